The van der Waals surface area contributed by atoms with E-state index in [9.17, 15) is 4.79 Å². The van der Waals surface area contributed by atoms with Crippen LogP contribution in [0.15, 0.2) is 22.7 Å². The standard InChI is InChI=1S/C13H18BrNO2/c1-4-17-13(16)7-10(3)15-12-8-11(14)6-5-9(12)2/h5-6,8,10,15H,4,7H2,1-3H3. The highest BCUT2D eigenvalue weighted by atomic mass is 79.9. The van der Waals surface area contributed by atoms with Gasteiger partial charge in [-0.25, -0.2) is 0 Å². The molecule has 0 radical (unpaired) electrons. The lowest BCUT2D eigenvalue weighted by Gasteiger charge is -2.16. The molecule has 0 aliphatic heterocycles. The molecule has 3 nitrogen and oxygen atoms in total. The summed E-state index contributed by atoms with van der Waals surface area (Å²) in [6.45, 7) is 6.25. The average molecular weight is 300 g/mol. The van der Waals surface area contributed by atoms with Crippen molar-refractivity contribution in [1.82, 2.24) is 0 Å². The van der Waals surface area contributed by atoms with Gasteiger partial charge in [-0.05, 0) is 38.5 Å². The molecule has 1 aromatic rings. The van der Waals surface area contributed by atoms with Crippen molar-refractivity contribution in [2.45, 2.75) is 33.2 Å². The highest BCUT2D eigenvalue weighted by molar-refractivity contribution is 9.10. The Hall–Kier alpha value is -1.03. The maximum Gasteiger partial charge on any atom is 0.307 e. The molecule has 0 saturated heterocycles. The third-order valence-corrected chi connectivity index (χ3v) is 2.87. The Morgan fingerprint density at radius 2 is 2.24 bits per heavy atom. The number of esters is 1. The monoisotopic (exact) mass is 299 g/mol. The van der Waals surface area contributed by atoms with Gasteiger partial charge in [-0.2, -0.15) is 0 Å². The van der Waals surface area contributed by atoms with Crippen LogP contribution in [0.3, 0.4) is 0 Å². The van der Waals surface area contributed by atoms with Gasteiger partial charge >= 0.3 is 5.97 Å². The predicted octanol–water partition coefficient (Wildman–Crippen LogP) is 3.51. The molecule has 0 heterocycles. The summed E-state index contributed by atoms with van der Waals surface area (Å²) in [5.41, 5.74) is 2.19. The number of halogens is 1. The van der Waals surface area contributed by atoms with Crippen LogP contribution in [-0.4, -0.2) is 18.6 Å². The van der Waals surface area contributed by atoms with Crippen LogP contribution in [0.1, 0.15) is 25.8 Å². The Morgan fingerprint density at radius 3 is 2.88 bits per heavy atom. The molecule has 0 spiro atoms. The molecule has 1 aromatic carbocycles. The topological polar surface area (TPSA) is 38.3 Å². The summed E-state index contributed by atoms with van der Waals surface area (Å²) in [5, 5.41) is 3.31. The highest BCUT2D eigenvalue weighted by Crippen LogP contribution is 2.21. The van der Waals surface area contributed by atoms with Gasteiger partial charge in [0.15, 0.2) is 0 Å². The van der Waals surface area contributed by atoms with Gasteiger partial charge in [-0.15, -0.1) is 0 Å². The van der Waals surface area contributed by atoms with E-state index in [0.717, 1.165) is 15.7 Å². The zero-order chi connectivity index (χ0) is 12.8. The third-order valence-electron chi connectivity index (χ3n) is 2.38. The number of nitrogens with one attached hydrogen (secondary N) is 1. The lowest BCUT2D eigenvalue weighted by atomic mass is 10.1. The fourth-order valence-electron chi connectivity index (χ4n) is 1.54. The number of hydrogen-bond donors (Lipinski definition) is 1. The Labute approximate surface area is 111 Å². The summed E-state index contributed by atoms with van der Waals surface area (Å²) in [7, 11) is 0. The third kappa shape index (κ3) is 4.77. The van der Waals surface area contributed by atoms with Crippen molar-refractivity contribution >= 4 is 27.6 Å². The summed E-state index contributed by atoms with van der Waals surface area (Å²) >= 11 is 3.43. The number of anilines is 1. The molecule has 0 amide bonds. The van der Waals surface area contributed by atoms with Crippen LogP contribution >= 0.6 is 15.9 Å². The van der Waals surface area contributed by atoms with Gasteiger partial charge in [0.1, 0.15) is 0 Å². The summed E-state index contributed by atoms with van der Waals surface area (Å²) in [6, 6.07) is 6.10. The Morgan fingerprint density at radius 1 is 1.53 bits per heavy atom. The predicted molar refractivity (Wildman–Crippen MR) is 73.2 cm³/mol. The van der Waals surface area contributed by atoms with E-state index in [1.807, 2.05) is 39.0 Å². The van der Waals surface area contributed by atoms with Gasteiger partial charge in [-0.3, -0.25) is 4.79 Å². The van der Waals surface area contributed by atoms with Crippen molar-refractivity contribution in [1.29, 1.82) is 0 Å². The van der Waals surface area contributed by atoms with Gasteiger partial charge < -0.3 is 10.1 Å². The fourth-order valence-corrected chi connectivity index (χ4v) is 1.90. The minimum absolute atomic E-state index is 0.0575. The van der Waals surface area contributed by atoms with E-state index in [2.05, 4.69) is 21.2 Å². The summed E-state index contributed by atoms with van der Waals surface area (Å²) in [5.74, 6) is -0.167. The molecule has 17 heavy (non-hydrogen) atoms. The lowest BCUT2D eigenvalue weighted by Crippen LogP contribution is -2.21. The van der Waals surface area contributed by atoms with E-state index in [-0.39, 0.29) is 12.0 Å². The van der Waals surface area contributed by atoms with Crippen molar-refractivity contribution in [2.24, 2.45) is 0 Å². The van der Waals surface area contributed by atoms with Crippen molar-refractivity contribution in [3.05, 3.63) is 28.2 Å². The van der Waals surface area contributed by atoms with Crippen molar-refractivity contribution in [3.63, 3.8) is 0 Å². The quantitative estimate of drug-likeness (QED) is 0.846. The van der Waals surface area contributed by atoms with Gasteiger partial charge in [0.2, 0.25) is 0 Å². The molecule has 94 valence electrons. The minimum Gasteiger partial charge on any atom is -0.466 e. The maximum atomic E-state index is 11.3. The van der Waals surface area contributed by atoms with Gasteiger partial charge in [0.05, 0.1) is 13.0 Å². The molecular formula is C13H18BrNO2. The molecule has 1 N–H and O–H groups in total. The molecule has 0 aliphatic carbocycles. The second-order valence-corrected chi connectivity index (χ2v) is 4.93. The van der Waals surface area contributed by atoms with E-state index in [4.69, 9.17) is 4.74 Å². The summed E-state index contributed by atoms with van der Waals surface area (Å²) < 4.78 is 5.94. The van der Waals surface area contributed by atoms with Gasteiger partial charge in [0, 0.05) is 16.2 Å². The van der Waals surface area contributed by atoms with E-state index in [1.165, 1.54) is 0 Å². The summed E-state index contributed by atoms with van der Waals surface area (Å²) in [6.07, 6.45) is 0.375. The molecule has 0 fully saturated rings. The second-order valence-electron chi connectivity index (χ2n) is 4.01. The average Bonchev–Trinajstić information content (AvgIpc) is 2.23. The number of benzene rings is 1. The smallest absolute Gasteiger partial charge is 0.307 e. The SMILES string of the molecule is CCOC(=O)CC(C)Nc1cc(Br)ccc1C. The van der Waals surface area contributed by atoms with Gasteiger partial charge in [-0.1, -0.05) is 22.0 Å². The first-order valence-corrected chi connectivity index (χ1v) is 6.50. The summed E-state index contributed by atoms with van der Waals surface area (Å²) in [4.78, 5) is 11.3. The van der Waals surface area contributed by atoms with Crippen LogP contribution in [0, 0.1) is 6.92 Å². The van der Waals surface area contributed by atoms with Crippen LogP contribution in [0.4, 0.5) is 5.69 Å². The Kier molecular flexibility index (Phi) is 5.48. The molecule has 1 rings (SSSR count). The number of carbonyl (C=O) groups excluding carboxylic acids is 1. The van der Waals surface area contributed by atoms with Crippen LogP contribution in [0.5, 0.6) is 0 Å². The van der Waals surface area contributed by atoms with Crippen LogP contribution in [-0.2, 0) is 9.53 Å². The molecule has 0 aliphatic rings. The molecule has 0 bridgehead atoms. The molecule has 1 unspecified atom stereocenters. The second kappa shape index (κ2) is 6.64. The number of ether oxygens (including phenoxy) is 1. The molecular weight excluding hydrogens is 282 g/mol. The highest BCUT2D eigenvalue weighted by Gasteiger charge is 2.10. The molecule has 0 saturated carbocycles. The zero-order valence-corrected chi connectivity index (χ0v) is 12.0. The van der Waals surface area contributed by atoms with Crippen molar-refractivity contribution in [2.75, 3.05) is 11.9 Å². The molecule has 0 aromatic heterocycles. The number of aryl methyl sites for hydroxylation is 1. The Balaban J connectivity index is 2.58. The maximum absolute atomic E-state index is 11.3. The first-order valence-electron chi connectivity index (χ1n) is 5.71. The number of hydrogen-bond acceptors (Lipinski definition) is 3. The van der Waals surface area contributed by atoms with Crippen molar-refractivity contribution < 1.29 is 9.53 Å². The first kappa shape index (κ1) is 14.0. The van der Waals surface area contributed by atoms with Crippen LogP contribution < -0.4 is 5.32 Å². The van der Waals surface area contributed by atoms with E-state index in [0.29, 0.717) is 13.0 Å². The largest absolute Gasteiger partial charge is 0.466 e. The number of rotatable bonds is 5. The van der Waals surface area contributed by atoms with Crippen LogP contribution in [0.2, 0.25) is 0 Å². The van der Waals surface area contributed by atoms with Crippen LogP contribution in [0.25, 0.3) is 0 Å². The fraction of sp³-hybridized carbons (Fsp3) is 0.462. The normalized spacial score (nSPS) is 12.0. The van der Waals surface area contributed by atoms with E-state index in [1.54, 1.807) is 0 Å². The first-order chi connectivity index (χ1) is 8.02. The minimum atomic E-state index is -0.167. The zero-order valence-electron chi connectivity index (χ0n) is 10.4. The van der Waals surface area contributed by atoms with E-state index >= 15 is 0 Å². The van der Waals surface area contributed by atoms with Gasteiger partial charge in [0.25, 0.3) is 0 Å². The number of carbonyl (C=O) groups is 1. The van der Waals surface area contributed by atoms with Crippen molar-refractivity contribution in [3.8, 4) is 0 Å². The van der Waals surface area contributed by atoms with E-state index < -0.39 is 0 Å². The Bertz CT molecular complexity index is 393. The molecule has 4 heteroatoms. The lowest BCUT2D eigenvalue weighted by molar-refractivity contribution is -0.143. The molecule has 1 atom stereocenters.